The zero-order valence-electron chi connectivity index (χ0n) is 18.2. The molecule has 1 fully saturated rings. The van der Waals surface area contributed by atoms with Gasteiger partial charge in [-0.2, -0.15) is 4.98 Å². The summed E-state index contributed by atoms with van der Waals surface area (Å²) >= 11 is 0. The molecular weight excluding hydrogens is 390 g/mol. The van der Waals surface area contributed by atoms with E-state index in [9.17, 15) is 9.90 Å². The van der Waals surface area contributed by atoms with Crippen LogP contribution in [-0.4, -0.2) is 27.8 Å². The molecule has 1 aliphatic heterocycles. The van der Waals surface area contributed by atoms with Crippen molar-refractivity contribution in [3.05, 3.63) is 59.7 Å². The minimum Gasteiger partial charge on any atom is -0.481 e. The number of carboxylic acid groups (broad SMARTS) is 1. The Morgan fingerprint density at radius 1 is 1.10 bits per heavy atom. The first-order valence-corrected chi connectivity index (χ1v) is 10.9. The van der Waals surface area contributed by atoms with Crippen LogP contribution in [0.15, 0.2) is 53.1 Å². The number of aliphatic carboxylic acids is 1. The summed E-state index contributed by atoms with van der Waals surface area (Å²) < 4.78 is 5.49. The van der Waals surface area contributed by atoms with Crippen LogP contribution in [-0.2, 0) is 11.2 Å². The number of carbonyl (C=O) groups is 1. The number of aromatic nitrogens is 2. The molecular formula is C25H29N3O3. The number of nitrogens with one attached hydrogen (secondary N) is 1. The van der Waals surface area contributed by atoms with E-state index in [1.807, 2.05) is 24.3 Å². The molecule has 2 aromatic carbocycles. The third kappa shape index (κ3) is 4.85. The summed E-state index contributed by atoms with van der Waals surface area (Å²) in [6.45, 7) is 6.93. The van der Waals surface area contributed by atoms with Crippen molar-refractivity contribution < 1.29 is 14.4 Å². The van der Waals surface area contributed by atoms with Gasteiger partial charge in [0.2, 0.25) is 5.82 Å². The van der Waals surface area contributed by atoms with Crippen molar-refractivity contribution in [2.24, 2.45) is 17.8 Å². The Balaban J connectivity index is 1.43. The maximum atomic E-state index is 11.2. The standard InChI is InChI=1S/C25H29N3O3/c1-15(2)12-17-4-6-20(7-5-17)24-27-23(28-31-24)19-10-8-18(9-11-19)22-13-21(14-26-22)16(3)25(29)30/h4-11,15-16,21-22,26H,12-14H2,1-3H3,(H,29,30). The van der Waals surface area contributed by atoms with Crippen molar-refractivity contribution in [1.82, 2.24) is 15.5 Å². The molecule has 3 aromatic rings. The van der Waals surface area contributed by atoms with Crippen molar-refractivity contribution in [3.63, 3.8) is 0 Å². The van der Waals surface area contributed by atoms with E-state index in [0.717, 1.165) is 36.1 Å². The zero-order chi connectivity index (χ0) is 22.0. The zero-order valence-corrected chi connectivity index (χ0v) is 18.2. The molecule has 0 aliphatic carbocycles. The Labute approximate surface area is 182 Å². The van der Waals surface area contributed by atoms with E-state index in [2.05, 4.69) is 53.6 Å². The number of hydrogen-bond donors (Lipinski definition) is 2. The highest BCUT2D eigenvalue weighted by molar-refractivity contribution is 5.70. The maximum absolute atomic E-state index is 11.2. The van der Waals surface area contributed by atoms with Crippen molar-refractivity contribution >= 4 is 5.97 Å². The Morgan fingerprint density at radius 2 is 1.77 bits per heavy atom. The summed E-state index contributed by atoms with van der Waals surface area (Å²) in [5.41, 5.74) is 4.25. The van der Waals surface area contributed by atoms with E-state index in [1.165, 1.54) is 5.56 Å². The minimum absolute atomic E-state index is 0.147. The fourth-order valence-corrected chi connectivity index (χ4v) is 4.18. The van der Waals surface area contributed by atoms with Crippen LogP contribution in [0.25, 0.3) is 22.8 Å². The molecule has 3 unspecified atom stereocenters. The lowest BCUT2D eigenvalue weighted by atomic mass is 9.90. The molecule has 0 spiro atoms. The number of hydrogen-bond acceptors (Lipinski definition) is 5. The van der Waals surface area contributed by atoms with Crippen LogP contribution < -0.4 is 5.32 Å². The fourth-order valence-electron chi connectivity index (χ4n) is 4.18. The van der Waals surface area contributed by atoms with Crippen LogP contribution in [0.1, 0.15) is 44.4 Å². The third-order valence-corrected chi connectivity index (χ3v) is 6.10. The van der Waals surface area contributed by atoms with E-state index in [1.54, 1.807) is 6.92 Å². The molecule has 31 heavy (non-hydrogen) atoms. The lowest BCUT2D eigenvalue weighted by Gasteiger charge is -2.14. The van der Waals surface area contributed by atoms with Gasteiger partial charge in [0, 0.05) is 17.2 Å². The molecule has 0 saturated carbocycles. The predicted molar refractivity (Wildman–Crippen MR) is 119 cm³/mol. The molecule has 0 amide bonds. The lowest BCUT2D eigenvalue weighted by molar-refractivity contribution is -0.142. The molecule has 162 valence electrons. The molecule has 0 bridgehead atoms. The Bertz CT molecular complexity index is 1020. The van der Waals surface area contributed by atoms with Crippen molar-refractivity contribution in [2.75, 3.05) is 6.54 Å². The highest BCUT2D eigenvalue weighted by Crippen LogP contribution is 2.32. The van der Waals surface area contributed by atoms with Gasteiger partial charge in [0.1, 0.15) is 0 Å². The smallest absolute Gasteiger partial charge is 0.306 e. The summed E-state index contributed by atoms with van der Waals surface area (Å²) in [5, 5.41) is 16.8. The maximum Gasteiger partial charge on any atom is 0.306 e. The van der Waals surface area contributed by atoms with Crippen LogP contribution in [0.3, 0.4) is 0 Å². The van der Waals surface area contributed by atoms with E-state index in [0.29, 0.717) is 17.6 Å². The SMILES string of the molecule is CC(C)Cc1ccc(-c2nc(-c3ccc(C4CC(C(C)C(=O)O)CN4)cc3)no2)cc1. The Hall–Kier alpha value is -2.99. The van der Waals surface area contributed by atoms with Crippen LogP contribution in [0.5, 0.6) is 0 Å². The molecule has 1 aromatic heterocycles. The first-order chi connectivity index (χ1) is 14.9. The van der Waals surface area contributed by atoms with Crippen molar-refractivity contribution in [1.29, 1.82) is 0 Å². The van der Waals surface area contributed by atoms with Gasteiger partial charge in [-0.3, -0.25) is 4.79 Å². The Kier molecular flexibility index (Phi) is 6.18. The highest BCUT2D eigenvalue weighted by Gasteiger charge is 2.32. The second-order valence-electron chi connectivity index (χ2n) is 8.92. The summed E-state index contributed by atoms with van der Waals surface area (Å²) in [6.07, 6.45) is 1.87. The van der Waals surface area contributed by atoms with Crippen LogP contribution in [0.4, 0.5) is 0 Å². The average Bonchev–Trinajstić information content (AvgIpc) is 3.44. The van der Waals surface area contributed by atoms with Gasteiger partial charge in [-0.05, 0) is 54.5 Å². The Morgan fingerprint density at radius 3 is 2.42 bits per heavy atom. The van der Waals surface area contributed by atoms with E-state index >= 15 is 0 Å². The molecule has 0 radical (unpaired) electrons. The summed E-state index contributed by atoms with van der Waals surface area (Å²) in [6, 6.07) is 16.5. The van der Waals surface area contributed by atoms with Crippen LogP contribution >= 0.6 is 0 Å². The van der Waals surface area contributed by atoms with Crippen molar-refractivity contribution in [3.8, 4) is 22.8 Å². The fraction of sp³-hybridized carbons (Fsp3) is 0.400. The van der Waals surface area contributed by atoms with Gasteiger partial charge in [0.05, 0.1) is 5.92 Å². The van der Waals surface area contributed by atoms with E-state index in [4.69, 9.17) is 4.52 Å². The number of rotatable bonds is 7. The normalized spacial score (nSPS) is 19.6. The van der Waals surface area contributed by atoms with E-state index in [-0.39, 0.29) is 17.9 Å². The molecule has 2 heterocycles. The minimum atomic E-state index is -0.731. The van der Waals surface area contributed by atoms with Gasteiger partial charge in [0.25, 0.3) is 5.89 Å². The second-order valence-corrected chi connectivity index (χ2v) is 8.92. The molecule has 1 saturated heterocycles. The summed E-state index contributed by atoms with van der Waals surface area (Å²) in [5.74, 6) is 0.769. The second kappa shape index (κ2) is 9.02. The molecule has 6 heteroatoms. The first-order valence-electron chi connectivity index (χ1n) is 10.9. The van der Waals surface area contributed by atoms with Gasteiger partial charge in [-0.1, -0.05) is 62.3 Å². The van der Waals surface area contributed by atoms with Crippen LogP contribution in [0, 0.1) is 17.8 Å². The first kappa shape index (κ1) is 21.2. The lowest BCUT2D eigenvalue weighted by Crippen LogP contribution is -2.22. The largest absolute Gasteiger partial charge is 0.481 e. The third-order valence-electron chi connectivity index (χ3n) is 6.10. The monoisotopic (exact) mass is 419 g/mol. The summed E-state index contributed by atoms with van der Waals surface area (Å²) in [7, 11) is 0. The quantitative estimate of drug-likeness (QED) is 0.562. The highest BCUT2D eigenvalue weighted by atomic mass is 16.5. The average molecular weight is 420 g/mol. The molecule has 4 rings (SSSR count). The van der Waals surface area contributed by atoms with Crippen molar-refractivity contribution in [2.45, 2.75) is 39.7 Å². The molecule has 3 atom stereocenters. The van der Waals surface area contributed by atoms with Gasteiger partial charge < -0.3 is 14.9 Å². The summed E-state index contributed by atoms with van der Waals surface area (Å²) in [4.78, 5) is 15.8. The van der Waals surface area contributed by atoms with Gasteiger partial charge in [-0.15, -0.1) is 0 Å². The van der Waals surface area contributed by atoms with Gasteiger partial charge >= 0.3 is 5.97 Å². The predicted octanol–water partition coefficient (Wildman–Crippen LogP) is 4.97. The van der Waals surface area contributed by atoms with E-state index < -0.39 is 5.97 Å². The number of benzene rings is 2. The number of nitrogens with zero attached hydrogens (tertiary/aromatic N) is 2. The van der Waals surface area contributed by atoms with Gasteiger partial charge in [-0.25, -0.2) is 0 Å². The molecule has 1 aliphatic rings. The van der Waals surface area contributed by atoms with Crippen LogP contribution in [0.2, 0.25) is 0 Å². The number of carboxylic acids is 1. The molecule has 2 N–H and O–H groups in total. The molecule has 6 nitrogen and oxygen atoms in total. The topological polar surface area (TPSA) is 88.2 Å². The van der Waals surface area contributed by atoms with Gasteiger partial charge in [0.15, 0.2) is 0 Å².